The minimum Gasteiger partial charge on any atom is -0.493 e. The fraction of sp³-hybridized carbons (Fsp3) is 0.333. The number of hydrogen-bond acceptors (Lipinski definition) is 9. The fourth-order valence-corrected chi connectivity index (χ4v) is 4.48. The lowest BCUT2D eigenvalue weighted by atomic mass is 9.91. The third kappa shape index (κ3) is 7.79. The van der Waals surface area contributed by atoms with Gasteiger partial charge in [0.1, 0.15) is 23.8 Å². The molecule has 216 valence electrons. The first-order valence-corrected chi connectivity index (χ1v) is 13.0. The number of pyridine rings is 1. The Labute approximate surface area is 236 Å². The number of methoxy groups -OCH3 is 1. The quantitative estimate of drug-likeness (QED) is 0.408. The van der Waals surface area contributed by atoms with Crippen LogP contribution in [0.4, 0.5) is 4.39 Å². The number of aromatic nitrogens is 1. The molecule has 0 radical (unpaired) electrons. The van der Waals surface area contributed by atoms with Crippen molar-refractivity contribution in [2.45, 2.75) is 38.5 Å². The summed E-state index contributed by atoms with van der Waals surface area (Å²) in [6.45, 7) is 2.82. The highest BCUT2D eigenvalue weighted by Gasteiger charge is 2.37. The number of hydrogen-bond donors (Lipinski definition) is 1. The lowest BCUT2D eigenvalue weighted by molar-refractivity contribution is -0.156. The van der Waals surface area contributed by atoms with Gasteiger partial charge in [-0.25, -0.2) is 14.2 Å². The number of ether oxygens (including phenoxy) is 5. The number of halogens is 1. The summed E-state index contributed by atoms with van der Waals surface area (Å²) in [5.74, 6) is -2.34. The maximum atomic E-state index is 13.5. The standard InChI is InChI=1S/C30H31FN2O8/c1-18-27(41-23-7-5-4-6-8-23)21(15-20-9-11-22(31)12-10-20)16-38-17-24(30(36)39-18)33-29(35)26-28(40-19(2)34)25(37-3)13-14-32-26/h4-14,18,21,24,27H,15-17H2,1-3H3,(H,33,35)/t18-,21-,24-,27-/m0/s1. The topological polar surface area (TPSA) is 122 Å². The number of rotatable bonds is 8. The zero-order chi connectivity index (χ0) is 29.4. The molecule has 0 aliphatic carbocycles. The Morgan fingerprint density at radius 2 is 1.80 bits per heavy atom. The molecule has 1 aromatic heterocycles. The molecule has 1 N–H and O–H groups in total. The number of para-hydroxylation sites is 1. The highest BCUT2D eigenvalue weighted by molar-refractivity contribution is 5.98. The first kappa shape index (κ1) is 29.5. The molecule has 0 bridgehead atoms. The SMILES string of the molecule is COc1ccnc(C(=O)N[C@H]2COC[C@H](Cc3ccc(F)cc3)[C@@H](Oc3ccccc3)[C@H](C)OC2=O)c1OC(C)=O. The molecule has 10 nitrogen and oxygen atoms in total. The molecule has 0 saturated carbocycles. The summed E-state index contributed by atoms with van der Waals surface area (Å²) >= 11 is 0. The van der Waals surface area contributed by atoms with Crippen LogP contribution in [0, 0.1) is 11.7 Å². The summed E-state index contributed by atoms with van der Waals surface area (Å²) < 4.78 is 41.9. The van der Waals surface area contributed by atoms with Gasteiger partial charge in [0, 0.05) is 25.1 Å². The summed E-state index contributed by atoms with van der Waals surface area (Å²) in [4.78, 5) is 42.1. The van der Waals surface area contributed by atoms with Gasteiger partial charge in [-0.1, -0.05) is 30.3 Å². The molecule has 1 amide bonds. The van der Waals surface area contributed by atoms with E-state index in [1.807, 2.05) is 18.2 Å². The van der Waals surface area contributed by atoms with E-state index < -0.39 is 36.1 Å². The van der Waals surface area contributed by atoms with Gasteiger partial charge in [0.2, 0.25) is 5.75 Å². The third-order valence-corrected chi connectivity index (χ3v) is 6.41. The average Bonchev–Trinajstić information content (AvgIpc) is 3.00. The number of benzene rings is 2. The van der Waals surface area contributed by atoms with Gasteiger partial charge in [0.25, 0.3) is 5.91 Å². The van der Waals surface area contributed by atoms with Crippen LogP contribution in [-0.4, -0.2) is 61.4 Å². The monoisotopic (exact) mass is 566 g/mol. The van der Waals surface area contributed by atoms with Crippen molar-refractivity contribution in [2.75, 3.05) is 20.3 Å². The second kappa shape index (κ2) is 13.7. The molecule has 1 fully saturated rings. The molecule has 2 aromatic carbocycles. The summed E-state index contributed by atoms with van der Waals surface area (Å²) in [6.07, 6.45) is 0.389. The van der Waals surface area contributed by atoms with E-state index in [0.29, 0.717) is 12.2 Å². The normalized spacial score (nSPS) is 20.9. The highest BCUT2D eigenvalue weighted by Crippen LogP contribution is 2.30. The van der Waals surface area contributed by atoms with Crippen LogP contribution < -0.4 is 19.5 Å². The van der Waals surface area contributed by atoms with Crippen LogP contribution in [0.15, 0.2) is 66.9 Å². The molecule has 0 unspecified atom stereocenters. The van der Waals surface area contributed by atoms with E-state index in [4.69, 9.17) is 23.7 Å². The summed E-state index contributed by atoms with van der Waals surface area (Å²) in [6, 6.07) is 15.5. The first-order valence-electron chi connectivity index (χ1n) is 13.0. The lowest BCUT2D eigenvalue weighted by Crippen LogP contribution is -2.47. The molecule has 1 aliphatic heterocycles. The molecular formula is C30H31FN2O8. The predicted molar refractivity (Wildman–Crippen MR) is 144 cm³/mol. The number of nitrogens with zero attached hydrogens (tertiary/aromatic N) is 1. The van der Waals surface area contributed by atoms with E-state index in [1.165, 1.54) is 38.4 Å². The lowest BCUT2D eigenvalue weighted by Gasteiger charge is -2.31. The van der Waals surface area contributed by atoms with Crippen LogP contribution in [0.25, 0.3) is 0 Å². The second-order valence-electron chi connectivity index (χ2n) is 9.48. The fourth-order valence-electron chi connectivity index (χ4n) is 4.48. The number of carbonyl (C=O) groups is 3. The maximum Gasteiger partial charge on any atom is 0.331 e. The molecule has 2 heterocycles. The van der Waals surface area contributed by atoms with Crippen LogP contribution in [-0.2, 0) is 25.5 Å². The van der Waals surface area contributed by atoms with Crippen molar-refractivity contribution in [1.82, 2.24) is 10.3 Å². The van der Waals surface area contributed by atoms with Crippen molar-refractivity contribution >= 4 is 17.8 Å². The number of esters is 2. The van der Waals surface area contributed by atoms with Crippen LogP contribution in [0.1, 0.15) is 29.9 Å². The Kier molecular flexibility index (Phi) is 9.86. The van der Waals surface area contributed by atoms with Gasteiger partial charge >= 0.3 is 11.9 Å². The molecule has 1 aliphatic rings. The van der Waals surface area contributed by atoms with Crippen molar-refractivity contribution in [3.05, 3.63) is 83.9 Å². The van der Waals surface area contributed by atoms with Crippen molar-refractivity contribution in [3.8, 4) is 17.2 Å². The number of nitrogens with one attached hydrogen (secondary N) is 1. The molecule has 11 heteroatoms. The van der Waals surface area contributed by atoms with Crippen molar-refractivity contribution in [3.63, 3.8) is 0 Å². The Bertz CT molecular complexity index is 1350. The van der Waals surface area contributed by atoms with Crippen LogP contribution >= 0.6 is 0 Å². The molecule has 3 aromatic rings. The van der Waals surface area contributed by atoms with Crippen LogP contribution in [0.3, 0.4) is 0 Å². The van der Waals surface area contributed by atoms with E-state index in [0.717, 1.165) is 5.56 Å². The molecule has 4 rings (SSSR count). The molecule has 0 spiro atoms. The summed E-state index contributed by atoms with van der Waals surface area (Å²) in [5, 5.41) is 2.57. The van der Waals surface area contributed by atoms with Gasteiger partial charge in [-0.2, -0.15) is 0 Å². The smallest absolute Gasteiger partial charge is 0.331 e. The third-order valence-electron chi connectivity index (χ3n) is 6.41. The van der Waals surface area contributed by atoms with E-state index >= 15 is 0 Å². The minimum atomic E-state index is -1.20. The van der Waals surface area contributed by atoms with Gasteiger partial charge in [-0.05, 0) is 43.2 Å². The number of amides is 1. The average molecular weight is 567 g/mol. The van der Waals surface area contributed by atoms with Gasteiger partial charge in [-0.15, -0.1) is 0 Å². The summed E-state index contributed by atoms with van der Waals surface area (Å²) in [5.41, 5.74) is 0.603. The number of cyclic esters (lactones) is 1. The van der Waals surface area contributed by atoms with Gasteiger partial charge < -0.3 is 29.0 Å². The van der Waals surface area contributed by atoms with Gasteiger partial charge in [-0.3, -0.25) is 9.59 Å². The number of carbonyl (C=O) groups excluding carboxylic acids is 3. The van der Waals surface area contributed by atoms with Gasteiger partial charge in [0.05, 0.1) is 20.3 Å². The Morgan fingerprint density at radius 3 is 2.49 bits per heavy atom. The van der Waals surface area contributed by atoms with Crippen LogP contribution in [0.5, 0.6) is 17.2 Å². The van der Waals surface area contributed by atoms with E-state index in [-0.39, 0.29) is 42.1 Å². The van der Waals surface area contributed by atoms with Crippen molar-refractivity contribution in [1.29, 1.82) is 0 Å². The molecule has 4 atom stereocenters. The Hall–Kier alpha value is -4.51. The predicted octanol–water partition coefficient (Wildman–Crippen LogP) is 3.52. The zero-order valence-electron chi connectivity index (χ0n) is 22.9. The van der Waals surface area contributed by atoms with Gasteiger partial charge in [0.15, 0.2) is 17.5 Å². The first-order chi connectivity index (χ1) is 19.7. The largest absolute Gasteiger partial charge is 0.493 e. The molecular weight excluding hydrogens is 535 g/mol. The molecule has 41 heavy (non-hydrogen) atoms. The minimum absolute atomic E-state index is 0.117. The maximum absolute atomic E-state index is 13.5. The van der Waals surface area contributed by atoms with Crippen molar-refractivity contribution < 1.29 is 42.5 Å². The van der Waals surface area contributed by atoms with Crippen molar-refractivity contribution in [2.24, 2.45) is 5.92 Å². The van der Waals surface area contributed by atoms with Crippen LogP contribution in [0.2, 0.25) is 0 Å². The Morgan fingerprint density at radius 1 is 1.07 bits per heavy atom. The zero-order valence-corrected chi connectivity index (χ0v) is 22.9. The highest BCUT2D eigenvalue weighted by atomic mass is 19.1. The Balaban J connectivity index is 1.57. The van der Waals surface area contributed by atoms with E-state index in [9.17, 15) is 18.8 Å². The summed E-state index contributed by atoms with van der Waals surface area (Å²) in [7, 11) is 1.35. The second-order valence-corrected chi connectivity index (χ2v) is 9.48. The van der Waals surface area contributed by atoms with E-state index in [2.05, 4.69) is 10.3 Å². The molecule has 1 saturated heterocycles. The van der Waals surface area contributed by atoms with E-state index in [1.54, 1.807) is 31.2 Å².